The molecular weight excluding hydrogens is 322 g/mol. The van der Waals surface area contributed by atoms with Gasteiger partial charge in [0.25, 0.3) is 0 Å². The van der Waals surface area contributed by atoms with E-state index in [9.17, 15) is 4.79 Å². The van der Waals surface area contributed by atoms with Crippen LogP contribution in [0.1, 0.15) is 36.0 Å². The van der Waals surface area contributed by atoms with Crippen LogP contribution in [0.2, 0.25) is 0 Å². The molecule has 0 saturated carbocycles. The SMILES string of the molecule is Nc1cc(CCC(=O)N2CCc3ccccc3C2)ccc1N1CCCC1. The van der Waals surface area contributed by atoms with Crippen molar-refractivity contribution < 1.29 is 4.79 Å². The molecule has 2 N–H and O–H groups in total. The summed E-state index contributed by atoms with van der Waals surface area (Å²) in [7, 11) is 0. The molecule has 2 aliphatic rings. The minimum absolute atomic E-state index is 0.238. The molecule has 4 nitrogen and oxygen atoms in total. The first kappa shape index (κ1) is 17.0. The van der Waals surface area contributed by atoms with E-state index in [4.69, 9.17) is 5.73 Å². The average Bonchev–Trinajstić information content (AvgIpc) is 3.20. The smallest absolute Gasteiger partial charge is 0.223 e. The van der Waals surface area contributed by atoms with Crippen LogP contribution >= 0.6 is 0 Å². The monoisotopic (exact) mass is 349 g/mol. The number of nitrogens with two attached hydrogens (primary N) is 1. The number of carbonyl (C=O) groups is 1. The lowest BCUT2D eigenvalue weighted by Crippen LogP contribution is -2.36. The van der Waals surface area contributed by atoms with E-state index in [1.807, 2.05) is 11.0 Å². The standard InChI is InChI=1S/C22H27N3O/c23-20-15-17(7-9-21(20)24-12-3-4-13-24)8-10-22(26)25-14-11-18-5-1-2-6-19(18)16-25/h1-2,5-7,9,15H,3-4,8,10-14,16,23H2. The van der Waals surface area contributed by atoms with Crippen LogP contribution in [0.15, 0.2) is 42.5 Å². The lowest BCUT2D eigenvalue weighted by Gasteiger charge is -2.29. The molecule has 0 radical (unpaired) electrons. The molecule has 4 heteroatoms. The third kappa shape index (κ3) is 3.55. The summed E-state index contributed by atoms with van der Waals surface area (Å²) in [5, 5.41) is 0. The molecule has 2 aliphatic heterocycles. The normalized spacial score (nSPS) is 16.6. The first-order chi connectivity index (χ1) is 12.7. The zero-order valence-electron chi connectivity index (χ0n) is 15.3. The van der Waals surface area contributed by atoms with Crippen molar-refractivity contribution in [2.24, 2.45) is 0 Å². The summed E-state index contributed by atoms with van der Waals surface area (Å²) in [6, 6.07) is 14.7. The second kappa shape index (κ2) is 7.40. The predicted molar refractivity (Wildman–Crippen MR) is 106 cm³/mol. The topological polar surface area (TPSA) is 49.6 Å². The average molecular weight is 349 g/mol. The Labute approximate surface area is 155 Å². The fourth-order valence-corrected chi connectivity index (χ4v) is 4.12. The van der Waals surface area contributed by atoms with Gasteiger partial charge in [0.15, 0.2) is 0 Å². The highest BCUT2D eigenvalue weighted by Crippen LogP contribution is 2.28. The van der Waals surface area contributed by atoms with Gasteiger partial charge in [-0.25, -0.2) is 0 Å². The molecule has 2 aromatic rings. The number of benzene rings is 2. The highest BCUT2D eigenvalue weighted by atomic mass is 16.2. The van der Waals surface area contributed by atoms with Crippen LogP contribution in [0.5, 0.6) is 0 Å². The molecule has 136 valence electrons. The molecule has 26 heavy (non-hydrogen) atoms. The Balaban J connectivity index is 1.35. The summed E-state index contributed by atoms with van der Waals surface area (Å²) in [6.07, 6.45) is 4.74. The van der Waals surface area contributed by atoms with Crippen molar-refractivity contribution in [3.05, 3.63) is 59.2 Å². The summed E-state index contributed by atoms with van der Waals surface area (Å²) in [6.45, 7) is 3.76. The molecule has 0 aliphatic carbocycles. The zero-order chi connectivity index (χ0) is 17.9. The van der Waals surface area contributed by atoms with Crippen LogP contribution in [0.4, 0.5) is 11.4 Å². The van der Waals surface area contributed by atoms with Gasteiger partial charge in [-0.15, -0.1) is 0 Å². The van der Waals surface area contributed by atoms with Gasteiger partial charge in [0, 0.05) is 32.6 Å². The highest BCUT2D eigenvalue weighted by molar-refractivity contribution is 5.77. The van der Waals surface area contributed by atoms with E-state index >= 15 is 0 Å². The summed E-state index contributed by atoms with van der Waals surface area (Å²) >= 11 is 0. The van der Waals surface area contributed by atoms with Crippen LogP contribution in [-0.2, 0) is 24.2 Å². The minimum Gasteiger partial charge on any atom is -0.397 e. The van der Waals surface area contributed by atoms with E-state index in [0.29, 0.717) is 6.42 Å². The number of aryl methyl sites for hydroxylation is 1. The molecule has 0 aromatic heterocycles. The fourth-order valence-electron chi connectivity index (χ4n) is 4.12. The quantitative estimate of drug-likeness (QED) is 0.861. The van der Waals surface area contributed by atoms with E-state index in [2.05, 4.69) is 41.3 Å². The van der Waals surface area contributed by atoms with Gasteiger partial charge >= 0.3 is 0 Å². The third-order valence-electron chi connectivity index (χ3n) is 5.65. The van der Waals surface area contributed by atoms with Gasteiger partial charge in [-0.2, -0.15) is 0 Å². The maximum Gasteiger partial charge on any atom is 0.223 e. The van der Waals surface area contributed by atoms with E-state index in [0.717, 1.165) is 56.0 Å². The Bertz CT molecular complexity index is 796. The van der Waals surface area contributed by atoms with Crippen molar-refractivity contribution in [2.75, 3.05) is 30.3 Å². The van der Waals surface area contributed by atoms with Gasteiger partial charge in [0.1, 0.15) is 0 Å². The van der Waals surface area contributed by atoms with E-state index in [1.54, 1.807) is 0 Å². The van der Waals surface area contributed by atoms with Crippen LogP contribution in [0, 0.1) is 0 Å². The maximum atomic E-state index is 12.6. The Morgan fingerprint density at radius 3 is 2.54 bits per heavy atom. The molecule has 0 spiro atoms. The number of fused-ring (bicyclic) bond motifs is 1. The van der Waals surface area contributed by atoms with E-state index in [-0.39, 0.29) is 5.91 Å². The number of nitrogens with zero attached hydrogens (tertiary/aromatic N) is 2. The number of anilines is 2. The minimum atomic E-state index is 0.238. The van der Waals surface area contributed by atoms with Crippen molar-refractivity contribution in [3.8, 4) is 0 Å². The molecule has 0 unspecified atom stereocenters. The molecule has 1 fully saturated rings. The van der Waals surface area contributed by atoms with Crippen molar-refractivity contribution in [3.63, 3.8) is 0 Å². The molecule has 1 saturated heterocycles. The first-order valence-electron chi connectivity index (χ1n) is 9.68. The van der Waals surface area contributed by atoms with E-state index in [1.165, 1.54) is 24.0 Å². The second-order valence-electron chi connectivity index (χ2n) is 7.42. The highest BCUT2D eigenvalue weighted by Gasteiger charge is 2.20. The number of amides is 1. The van der Waals surface area contributed by atoms with Crippen LogP contribution in [0.25, 0.3) is 0 Å². The zero-order valence-corrected chi connectivity index (χ0v) is 15.3. The van der Waals surface area contributed by atoms with Gasteiger partial charge in [-0.05, 0) is 54.5 Å². The number of rotatable bonds is 4. The van der Waals surface area contributed by atoms with Crippen molar-refractivity contribution in [2.45, 2.75) is 38.6 Å². The Morgan fingerprint density at radius 1 is 1.00 bits per heavy atom. The number of hydrogen-bond acceptors (Lipinski definition) is 3. The second-order valence-corrected chi connectivity index (χ2v) is 7.42. The summed E-state index contributed by atoms with van der Waals surface area (Å²) in [5.41, 5.74) is 12.1. The van der Waals surface area contributed by atoms with Gasteiger partial charge in [-0.3, -0.25) is 4.79 Å². The van der Waals surface area contributed by atoms with Gasteiger partial charge in [-0.1, -0.05) is 30.3 Å². The van der Waals surface area contributed by atoms with Crippen molar-refractivity contribution in [1.29, 1.82) is 0 Å². The summed E-state index contributed by atoms with van der Waals surface area (Å²) < 4.78 is 0. The molecule has 0 atom stereocenters. The van der Waals surface area contributed by atoms with Gasteiger partial charge < -0.3 is 15.5 Å². The van der Waals surface area contributed by atoms with Crippen molar-refractivity contribution >= 4 is 17.3 Å². The largest absolute Gasteiger partial charge is 0.397 e. The molecule has 0 bridgehead atoms. The van der Waals surface area contributed by atoms with Gasteiger partial charge in [0.2, 0.25) is 5.91 Å². The number of carbonyl (C=O) groups excluding carboxylic acids is 1. The summed E-state index contributed by atoms with van der Waals surface area (Å²) in [4.78, 5) is 17.0. The van der Waals surface area contributed by atoms with Crippen LogP contribution in [-0.4, -0.2) is 30.4 Å². The molecular formula is C22H27N3O. The predicted octanol–water partition coefficient (Wildman–Crippen LogP) is 3.39. The molecule has 1 amide bonds. The van der Waals surface area contributed by atoms with E-state index < -0.39 is 0 Å². The van der Waals surface area contributed by atoms with Gasteiger partial charge in [0.05, 0.1) is 11.4 Å². The third-order valence-corrected chi connectivity index (χ3v) is 5.65. The lowest BCUT2D eigenvalue weighted by atomic mass is 9.99. The number of hydrogen-bond donors (Lipinski definition) is 1. The Hall–Kier alpha value is -2.49. The fraction of sp³-hybridized carbons (Fsp3) is 0.409. The first-order valence-corrected chi connectivity index (χ1v) is 9.68. The van der Waals surface area contributed by atoms with Crippen LogP contribution in [0.3, 0.4) is 0 Å². The van der Waals surface area contributed by atoms with Crippen molar-refractivity contribution in [1.82, 2.24) is 4.90 Å². The Kier molecular flexibility index (Phi) is 4.83. The van der Waals surface area contributed by atoms with Crippen LogP contribution < -0.4 is 10.6 Å². The number of nitrogen functional groups attached to an aromatic ring is 1. The Morgan fingerprint density at radius 2 is 1.77 bits per heavy atom. The lowest BCUT2D eigenvalue weighted by molar-refractivity contribution is -0.132. The summed E-state index contributed by atoms with van der Waals surface area (Å²) in [5.74, 6) is 0.238. The molecule has 2 aromatic carbocycles. The molecule has 4 rings (SSSR count). The maximum absolute atomic E-state index is 12.6. The molecule has 2 heterocycles.